The van der Waals surface area contributed by atoms with Gasteiger partial charge in [-0.15, -0.1) is 0 Å². The number of aromatic nitrogens is 2. The van der Waals surface area contributed by atoms with E-state index < -0.39 is 23.4 Å². The van der Waals surface area contributed by atoms with Crippen LogP contribution >= 0.6 is 0 Å². The minimum absolute atomic E-state index is 0.0244. The van der Waals surface area contributed by atoms with Gasteiger partial charge < -0.3 is 9.13 Å². The molecule has 0 N–H and O–H groups in total. The minimum atomic E-state index is -4.82. The smallest absolute Gasteiger partial charge is 0.312 e. The van der Waals surface area contributed by atoms with Crippen molar-refractivity contribution in [2.24, 2.45) is 0 Å². The van der Waals surface area contributed by atoms with E-state index in [-0.39, 0.29) is 33.3 Å². The van der Waals surface area contributed by atoms with Crippen LogP contribution in [0.3, 0.4) is 0 Å². The van der Waals surface area contributed by atoms with Gasteiger partial charge in [-0.3, -0.25) is 0 Å². The Kier molecular flexibility index (Phi) is 7.62. The Morgan fingerprint density at radius 2 is 1.17 bits per heavy atom. The molecule has 2 heterocycles. The van der Waals surface area contributed by atoms with Crippen molar-refractivity contribution < 1.29 is 22.0 Å². The molecule has 0 atom stereocenters. The second kappa shape index (κ2) is 11.7. The quantitative estimate of drug-likeness (QED) is 0.162. The third-order valence-corrected chi connectivity index (χ3v) is 10.5. The van der Waals surface area contributed by atoms with Crippen LogP contribution in [0.4, 0.5) is 22.0 Å². The lowest BCUT2D eigenvalue weighted by Crippen LogP contribution is -2.16. The van der Waals surface area contributed by atoms with Crippen molar-refractivity contribution in [3.63, 3.8) is 0 Å². The van der Waals surface area contributed by atoms with E-state index in [1.54, 1.807) is 9.13 Å². The highest BCUT2D eigenvalue weighted by molar-refractivity contribution is 6.10. The second-order valence-corrected chi connectivity index (χ2v) is 15.9. The lowest BCUT2D eigenvalue weighted by Gasteiger charge is -2.24. The summed E-state index contributed by atoms with van der Waals surface area (Å²) in [5.74, 6) is -1.72. The molecule has 1 aliphatic rings. The van der Waals surface area contributed by atoms with E-state index in [4.69, 9.17) is 0 Å². The largest absolute Gasteiger partial charge is 0.418 e. The molecule has 52 heavy (non-hydrogen) atoms. The van der Waals surface area contributed by atoms with Gasteiger partial charge in [-0.1, -0.05) is 102 Å². The molecular weight excluding hydrogens is 663 g/mol. The molecule has 0 unspecified atom stereocenters. The summed E-state index contributed by atoms with van der Waals surface area (Å²) in [6.45, 7) is 12.4. The van der Waals surface area contributed by atoms with Crippen molar-refractivity contribution >= 4 is 38.8 Å². The van der Waals surface area contributed by atoms with E-state index in [1.807, 2.05) is 72.8 Å². The molecule has 0 bridgehead atoms. The SMILES string of the molecule is CC(C)(C)c1ccc2c3c(n(-c4cc(-c5c(F)cccc5F)c(-n5c6ccccc6c6ccc(C(C)(C)C)cc65)cc4C(F)(F)F)c2c1)CCC=C3. The average Bonchev–Trinajstić information content (AvgIpc) is 3.59. The number of alkyl halides is 3. The van der Waals surface area contributed by atoms with Crippen LogP contribution < -0.4 is 0 Å². The monoisotopic (exact) mass is 702 g/mol. The molecule has 2 nitrogen and oxygen atoms in total. The number of allylic oxidation sites excluding steroid dienone is 1. The van der Waals surface area contributed by atoms with E-state index in [1.165, 1.54) is 12.1 Å². The Morgan fingerprint density at radius 1 is 0.577 bits per heavy atom. The highest BCUT2D eigenvalue weighted by Gasteiger charge is 2.38. The van der Waals surface area contributed by atoms with Gasteiger partial charge in [-0.25, -0.2) is 8.78 Å². The Balaban J connectivity index is 1.57. The fourth-order valence-corrected chi connectivity index (χ4v) is 7.79. The third-order valence-electron chi connectivity index (χ3n) is 10.5. The zero-order valence-electron chi connectivity index (χ0n) is 30.0. The lowest BCUT2D eigenvalue weighted by atomic mass is 9.86. The van der Waals surface area contributed by atoms with E-state index in [0.717, 1.165) is 56.7 Å². The van der Waals surface area contributed by atoms with Gasteiger partial charge in [0.15, 0.2) is 0 Å². The van der Waals surface area contributed by atoms with Gasteiger partial charge in [-0.05, 0) is 77.3 Å². The number of hydrogen-bond acceptors (Lipinski definition) is 0. The van der Waals surface area contributed by atoms with Crippen LogP contribution in [0.5, 0.6) is 0 Å². The van der Waals surface area contributed by atoms with E-state index in [0.29, 0.717) is 29.4 Å². The van der Waals surface area contributed by atoms with Gasteiger partial charge in [0.05, 0.1) is 39.1 Å². The van der Waals surface area contributed by atoms with Gasteiger partial charge in [0, 0.05) is 33.0 Å². The maximum atomic E-state index is 16.0. The van der Waals surface area contributed by atoms with E-state index >= 15 is 22.0 Å². The number of hydrogen-bond donors (Lipinski definition) is 0. The number of nitrogens with zero attached hydrogens (tertiary/aromatic N) is 2. The van der Waals surface area contributed by atoms with Gasteiger partial charge in [0.25, 0.3) is 0 Å². The summed E-state index contributed by atoms with van der Waals surface area (Å²) >= 11 is 0. The molecular formula is C45H39F5N2. The highest BCUT2D eigenvalue weighted by atomic mass is 19.4. The van der Waals surface area contributed by atoms with E-state index in [2.05, 4.69) is 41.5 Å². The van der Waals surface area contributed by atoms with Crippen molar-refractivity contribution in [1.29, 1.82) is 0 Å². The summed E-state index contributed by atoms with van der Waals surface area (Å²) in [4.78, 5) is 0. The molecule has 7 heteroatoms. The van der Waals surface area contributed by atoms with Crippen LogP contribution in [-0.4, -0.2) is 9.13 Å². The normalized spacial score (nSPS) is 13.8. The average molecular weight is 703 g/mol. The number of rotatable bonds is 3. The predicted molar refractivity (Wildman–Crippen MR) is 203 cm³/mol. The molecule has 0 amide bonds. The Bertz CT molecular complexity index is 2580. The topological polar surface area (TPSA) is 9.86 Å². The summed E-state index contributed by atoms with van der Waals surface area (Å²) in [5, 5.41) is 2.47. The summed E-state index contributed by atoms with van der Waals surface area (Å²) in [6.07, 6.45) is 0.350. The first kappa shape index (κ1) is 33.9. The Morgan fingerprint density at radius 3 is 1.81 bits per heavy atom. The fourth-order valence-electron chi connectivity index (χ4n) is 7.79. The maximum Gasteiger partial charge on any atom is 0.418 e. The lowest BCUT2D eigenvalue weighted by molar-refractivity contribution is -0.137. The van der Waals surface area contributed by atoms with Crippen LogP contribution in [0.15, 0.2) is 97.1 Å². The number of halogens is 5. The van der Waals surface area contributed by atoms with Gasteiger partial charge in [-0.2, -0.15) is 13.2 Å². The number of benzene rings is 5. The molecule has 0 radical (unpaired) electrons. The standard InChI is InChI=1S/C45H39F5N2/c1-43(2,3)26-18-20-30-28-12-7-9-16-36(28)51(38(30)22-26)40-25-33(45(48,49)50)41(24-32(40)42-34(46)14-11-15-35(42)47)52-37-17-10-8-13-29(37)31-21-19-27(23-39(31)52)44(4,5)6/h7-9,11-16,18-25H,10,17H2,1-6H3. The van der Waals surface area contributed by atoms with Crippen LogP contribution in [0, 0.1) is 11.6 Å². The molecule has 0 aliphatic heterocycles. The van der Waals surface area contributed by atoms with Crippen molar-refractivity contribution in [3.8, 4) is 22.5 Å². The maximum absolute atomic E-state index is 16.0. The molecule has 264 valence electrons. The molecule has 0 saturated carbocycles. The number of fused-ring (bicyclic) bond motifs is 6. The first-order valence-electron chi connectivity index (χ1n) is 17.6. The molecule has 0 fully saturated rings. The van der Waals surface area contributed by atoms with Crippen LogP contribution in [0.2, 0.25) is 0 Å². The van der Waals surface area contributed by atoms with Crippen molar-refractivity contribution in [3.05, 3.63) is 137 Å². The third kappa shape index (κ3) is 5.35. The molecule has 1 aliphatic carbocycles. The molecule has 5 aromatic carbocycles. The molecule has 8 rings (SSSR count). The first-order valence-corrected chi connectivity index (χ1v) is 17.6. The fraction of sp³-hybridized carbons (Fsp3) is 0.244. The van der Waals surface area contributed by atoms with Gasteiger partial charge in [0.2, 0.25) is 0 Å². The summed E-state index contributed by atoms with van der Waals surface area (Å²) in [7, 11) is 0. The van der Waals surface area contributed by atoms with Crippen LogP contribution in [-0.2, 0) is 23.4 Å². The van der Waals surface area contributed by atoms with Crippen LogP contribution in [0.25, 0.3) is 61.3 Å². The second-order valence-electron chi connectivity index (χ2n) is 15.9. The zero-order valence-corrected chi connectivity index (χ0v) is 30.0. The van der Waals surface area contributed by atoms with Crippen LogP contribution in [0.1, 0.15) is 75.9 Å². The van der Waals surface area contributed by atoms with E-state index in [9.17, 15) is 0 Å². The molecule has 7 aromatic rings. The molecule has 0 spiro atoms. The minimum Gasteiger partial charge on any atom is -0.312 e. The summed E-state index contributed by atoms with van der Waals surface area (Å²) in [6, 6.07) is 25.4. The zero-order chi connectivity index (χ0) is 36.9. The summed E-state index contributed by atoms with van der Waals surface area (Å²) in [5.41, 5.74) is 3.49. The first-order chi connectivity index (χ1) is 24.5. The predicted octanol–water partition coefficient (Wildman–Crippen LogP) is 13.2. The van der Waals surface area contributed by atoms with Crippen molar-refractivity contribution in [1.82, 2.24) is 9.13 Å². The number of para-hydroxylation sites is 1. The summed E-state index contributed by atoms with van der Waals surface area (Å²) < 4.78 is 82.7. The molecule has 0 saturated heterocycles. The molecule has 2 aromatic heterocycles. The van der Waals surface area contributed by atoms with Gasteiger partial charge >= 0.3 is 6.18 Å². The van der Waals surface area contributed by atoms with Crippen molar-refractivity contribution in [2.45, 2.75) is 71.4 Å². The Hall–Kier alpha value is -5.17. The van der Waals surface area contributed by atoms with Crippen molar-refractivity contribution in [2.75, 3.05) is 0 Å². The Labute approximate surface area is 299 Å². The highest BCUT2D eigenvalue weighted by Crippen LogP contribution is 2.46. The van der Waals surface area contributed by atoms with Gasteiger partial charge in [0.1, 0.15) is 11.6 Å².